The van der Waals surface area contributed by atoms with E-state index in [-0.39, 0.29) is 18.2 Å². The molecule has 1 rings (SSSR count). The Morgan fingerprint density at radius 1 is 1.42 bits per heavy atom. The van der Waals surface area contributed by atoms with Crippen molar-refractivity contribution < 1.29 is 14.4 Å². The van der Waals surface area contributed by atoms with Gasteiger partial charge in [-0.05, 0) is 12.3 Å². The minimum atomic E-state index is -0.899. The van der Waals surface area contributed by atoms with Gasteiger partial charge in [0, 0.05) is 12.4 Å². The van der Waals surface area contributed by atoms with Crippen LogP contribution in [0.5, 0.6) is 0 Å². The molecule has 1 heterocycles. The first kappa shape index (κ1) is 15.0. The number of nitrogens with one attached hydrogen (secondary N) is 2. The summed E-state index contributed by atoms with van der Waals surface area (Å²) in [7, 11) is 0. The number of carbonyl (C=O) groups excluding carboxylic acids is 3. The second kappa shape index (κ2) is 6.79. The minimum absolute atomic E-state index is 0.116. The van der Waals surface area contributed by atoms with Crippen molar-refractivity contribution in [3.8, 4) is 0 Å². The quantitative estimate of drug-likeness (QED) is 0.214. The molecule has 104 valence electrons. The summed E-state index contributed by atoms with van der Waals surface area (Å²) in [5, 5.41) is 0. The summed E-state index contributed by atoms with van der Waals surface area (Å²) >= 11 is 0. The van der Waals surface area contributed by atoms with Gasteiger partial charge in [-0.3, -0.25) is 19.8 Å². The van der Waals surface area contributed by atoms with Crippen LogP contribution in [-0.2, 0) is 9.59 Å². The lowest BCUT2D eigenvalue weighted by Crippen LogP contribution is -2.40. The fourth-order valence-electron chi connectivity index (χ4n) is 1.74. The number of imidazole rings is 1. The lowest BCUT2D eigenvalue weighted by atomic mass is 9.90. The van der Waals surface area contributed by atoms with Crippen LogP contribution in [0.15, 0.2) is 12.4 Å². The zero-order valence-electron chi connectivity index (χ0n) is 11.0. The van der Waals surface area contributed by atoms with Gasteiger partial charge < -0.3 is 4.98 Å². The SMILES string of the molecule is CC(C)CC(C(=O)CC(=O)c1ncc[nH]1)C(=O)NN. The number of hydrogen-bond acceptors (Lipinski definition) is 5. The smallest absolute Gasteiger partial charge is 0.244 e. The van der Waals surface area contributed by atoms with Gasteiger partial charge in [0.15, 0.2) is 11.6 Å². The van der Waals surface area contributed by atoms with Crippen LogP contribution in [0, 0.1) is 11.8 Å². The molecule has 0 aliphatic rings. The molecule has 1 aromatic heterocycles. The second-order valence-corrected chi connectivity index (χ2v) is 4.69. The lowest BCUT2D eigenvalue weighted by molar-refractivity contribution is -0.134. The Balaban J connectivity index is 2.71. The highest BCUT2D eigenvalue weighted by Crippen LogP contribution is 2.15. The van der Waals surface area contributed by atoms with Crippen molar-refractivity contribution in [3.05, 3.63) is 18.2 Å². The lowest BCUT2D eigenvalue weighted by Gasteiger charge is -2.15. The first-order chi connectivity index (χ1) is 8.95. The maximum Gasteiger partial charge on any atom is 0.244 e. The highest BCUT2D eigenvalue weighted by atomic mass is 16.2. The van der Waals surface area contributed by atoms with Crippen LogP contribution < -0.4 is 11.3 Å². The summed E-state index contributed by atoms with van der Waals surface area (Å²) in [6.07, 6.45) is 2.91. The monoisotopic (exact) mass is 266 g/mol. The molecular formula is C12H18N4O3. The number of hydrazine groups is 1. The Morgan fingerprint density at radius 3 is 2.58 bits per heavy atom. The molecule has 0 radical (unpaired) electrons. The van der Waals surface area contributed by atoms with Gasteiger partial charge in [0.1, 0.15) is 0 Å². The van der Waals surface area contributed by atoms with Gasteiger partial charge in [0.05, 0.1) is 12.3 Å². The number of aromatic amines is 1. The fraction of sp³-hybridized carbons (Fsp3) is 0.500. The van der Waals surface area contributed by atoms with Crippen molar-refractivity contribution in [2.75, 3.05) is 0 Å². The van der Waals surface area contributed by atoms with Crippen LogP contribution in [0.25, 0.3) is 0 Å². The van der Waals surface area contributed by atoms with Crippen molar-refractivity contribution >= 4 is 17.5 Å². The number of aromatic nitrogens is 2. The number of nitrogens with two attached hydrogens (primary N) is 1. The van der Waals surface area contributed by atoms with Gasteiger partial charge >= 0.3 is 0 Å². The molecule has 4 N–H and O–H groups in total. The summed E-state index contributed by atoms with van der Waals surface area (Å²) in [5.74, 6) is 2.97. The van der Waals surface area contributed by atoms with Gasteiger partial charge in [-0.15, -0.1) is 0 Å². The summed E-state index contributed by atoms with van der Waals surface area (Å²) in [5.41, 5.74) is 1.96. The first-order valence-corrected chi connectivity index (χ1v) is 6.01. The van der Waals surface area contributed by atoms with E-state index >= 15 is 0 Å². The zero-order chi connectivity index (χ0) is 14.4. The van der Waals surface area contributed by atoms with Crippen molar-refractivity contribution in [3.63, 3.8) is 0 Å². The number of hydrogen-bond donors (Lipinski definition) is 3. The van der Waals surface area contributed by atoms with Crippen LogP contribution >= 0.6 is 0 Å². The maximum absolute atomic E-state index is 12.0. The van der Waals surface area contributed by atoms with Crippen molar-refractivity contribution in [1.82, 2.24) is 15.4 Å². The van der Waals surface area contributed by atoms with Crippen molar-refractivity contribution in [1.29, 1.82) is 0 Å². The Morgan fingerprint density at radius 2 is 2.11 bits per heavy atom. The van der Waals surface area contributed by atoms with Crippen LogP contribution in [0.3, 0.4) is 0 Å². The van der Waals surface area contributed by atoms with E-state index in [1.807, 2.05) is 19.3 Å². The van der Waals surface area contributed by atoms with E-state index < -0.39 is 23.4 Å². The average molecular weight is 266 g/mol. The first-order valence-electron chi connectivity index (χ1n) is 6.01. The van der Waals surface area contributed by atoms with Gasteiger partial charge in [-0.25, -0.2) is 10.8 Å². The Kier molecular flexibility index (Phi) is 5.37. The van der Waals surface area contributed by atoms with Crippen molar-refractivity contribution in [2.24, 2.45) is 17.7 Å². The molecule has 1 aromatic rings. The van der Waals surface area contributed by atoms with Crippen LogP contribution in [0.2, 0.25) is 0 Å². The molecule has 1 unspecified atom stereocenters. The Labute approximate surface area is 110 Å². The molecule has 0 spiro atoms. The van der Waals surface area contributed by atoms with E-state index in [0.717, 1.165) is 0 Å². The van der Waals surface area contributed by atoms with Gasteiger partial charge in [0.25, 0.3) is 0 Å². The van der Waals surface area contributed by atoms with Crippen molar-refractivity contribution in [2.45, 2.75) is 26.7 Å². The van der Waals surface area contributed by atoms with E-state index in [4.69, 9.17) is 5.84 Å². The van der Waals surface area contributed by atoms with Gasteiger partial charge in [-0.2, -0.15) is 0 Å². The van der Waals surface area contributed by atoms with E-state index in [1.165, 1.54) is 12.4 Å². The summed E-state index contributed by atoms with van der Waals surface area (Å²) < 4.78 is 0. The largest absolute Gasteiger partial charge is 0.342 e. The Hall–Kier alpha value is -2.02. The van der Waals surface area contributed by atoms with Gasteiger partial charge in [0.2, 0.25) is 11.7 Å². The summed E-state index contributed by atoms with van der Waals surface area (Å²) in [4.78, 5) is 41.7. The number of ketones is 2. The third-order valence-electron chi connectivity index (χ3n) is 2.65. The molecule has 0 aliphatic carbocycles. The normalized spacial score (nSPS) is 12.2. The molecule has 1 amide bonds. The molecule has 7 heteroatoms. The molecule has 0 saturated heterocycles. The van der Waals surface area contributed by atoms with E-state index in [0.29, 0.717) is 6.42 Å². The Bertz CT molecular complexity index is 454. The molecule has 7 nitrogen and oxygen atoms in total. The van der Waals surface area contributed by atoms with E-state index in [2.05, 4.69) is 9.97 Å². The predicted molar refractivity (Wildman–Crippen MR) is 67.8 cm³/mol. The van der Waals surface area contributed by atoms with E-state index in [1.54, 1.807) is 0 Å². The summed E-state index contributed by atoms with van der Waals surface area (Å²) in [6, 6.07) is 0. The molecule has 0 aliphatic heterocycles. The highest BCUT2D eigenvalue weighted by molar-refractivity contribution is 6.12. The number of Topliss-reactive ketones (excluding diaryl/α,β-unsaturated/α-hetero) is 2. The predicted octanol–water partition coefficient (Wildman–Crippen LogP) is 0.204. The standard InChI is InChI=1S/C12H18N4O3/c1-7(2)5-8(12(19)16-13)9(17)6-10(18)11-14-3-4-15-11/h3-4,7-8H,5-6,13H2,1-2H3,(H,14,15)(H,16,19). The fourth-order valence-corrected chi connectivity index (χ4v) is 1.74. The number of nitrogens with zero attached hydrogens (tertiary/aromatic N) is 1. The maximum atomic E-state index is 12.0. The molecule has 19 heavy (non-hydrogen) atoms. The molecule has 0 bridgehead atoms. The number of H-pyrrole nitrogens is 1. The molecule has 0 aromatic carbocycles. The molecule has 0 saturated carbocycles. The summed E-state index contributed by atoms with van der Waals surface area (Å²) in [6.45, 7) is 3.77. The number of rotatable bonds is 7. The molecule has 0 fully saturated rings. The molecule has 1 atom stereocenters. The topological polar surface area (TPSA) is 118 Å². The minimum Gasteiger partial charge on any atom is -0.342 e. The zero-order valence-corrected chi connectivity index (χ0v) is 11.0. The second-order valence-electron chi connectivity index (χ2n) is 4.69. The third kappa shape index (κ3) is 4.29. The van der Waals surface area contributed by atoms with Gasteiger partial charge in [-0.1, -0.05) is 13.8 Å². The average Bonchev–Trinajstić information content (AvgIpc) is 2.88. The molecular weight excluding hydrogens is 248 g/mol. The number of amides is 1. The number of carbonyl (C=O) groups is 3. The van der Waals surface area contributed by atoms with Crippen LogP contribution in [0.1, 0.15) is 37.3 Å². The highest BCUT2D eigenvalue weighted by Gasteiger charge is 2.29. The van der Waals surface area contributed by atoms with E-state index in [9.17, 15) is 14.4 Å². The third-order valence-corrected chi connectivity index (χ3v) is 2.65. The van der Waals surface area contributed by atoms with Crippen LogP contribution in [-0.4, -0.2) is 27.4 Å². The van der Waals surface area contributed by atoms with Crippen LogP contribution in [0.4, 0.5) is 0 Å².